The van der Waals surface area contributed by atoms with Gasteiger partial charge >= 0.3 is 0 Å². The monoisotopic (exact) mass is 217 g/mol. The molecule has 0 aliphatic carbocycles. The Morgan fingerprint density at radius 3 is 2.69 bits per heavy atom. The first-order chi connectivity index (χ1) is 7.68. The van der Waals surface area contributed by atoms with Gasteiger partial charge in [0.1, 0.15) is 0 Å². The van der Waals surface area contributed by atoms with Crippen LogP contribution >= 0.6 is 0 Å². The van der Waals surface area contributed by atoms with E-state index < -0.39 is 0 Å². The van der Waals surface area contributed by atoms with Crippen LogP contribution in [0.1, 0.15) is 19.4 Å². The average molecular weight is 217 g/mol. The molecule has 1 aromatic rings. The van der Waals surface area contributed by atoms with Gasteiger partial charge in [-0.25, -0.2) is 0 Å². The minimum Gasteiger partial charge on any atom is -0.370 e. The quantitative estimate of drug-likeness (QED) is 0.839. The normalized spacial score (nSPS) is 20.3. The first-order valence-electron chi connectivity index (χ1n) is 5.79. The van der Waals surface area contributed by atoms with Crippen LogP contribution in [-0.4, -0.2) is 23.4 Å². The average Bonchev–Trinajstić information content (AvgIpc) is 2.62. The molecule has 1 aromatic carbocycles. The van der Waals surface area contributed by atoms with Gasteiger partial charge in [0.2, 0.25) is 0 Å². The van der Waals surface area contributed by atoms with Gasteiger partial charge in [-0.3, -0.25) is 4.99 Å². The van der Waals surface area contributed by atoms with E-state index in [-0.39, 0.29) is 0 Å². The van der Waals surface area contributed by atoms with Crippen molar-refractivity contribution in [2.75, 3.05) is 6.54 Å². The molecule has 0 radical (unpaired) electrons. The first-order valence-corrected chi connectivity index (χ1v) is 5.79. The van der Waals surface area contributed by atoms with E-state index in [1.165, 1.54) is 5.56 Å². The van der Waals surface area contributed by atoms with E-state index in [0.29, 0.717) is 17.9 Å². The van der Waals surface area contributed by atoms with Crippen LogP contribution in [0.15, 0.2) is 35.3 Å². The summed E-state index contributed by atoms with van der Waals surface area (Å²) in [5.41, 5.74) is 7.22. The Morgan fingerprint density at radius 1 is 1.38 bits per heavy atom. The van der Waals surface area contributed by atoms with Gasteiger partial charge in [-0.05, 0) is 11.5 Å². The van der Waals surface area contributed by atoms with Crippen molar-refractivity contribution in [1.29, 1.82) is 0 Å². The molecule has 3 heteroatoms. The van der Waals surface area contributed by atoms with Crippen molar-refractivity contribution < 1.29 is 0 Å². The number of nitrogens with two attached hydrogens (primary N) is 1. The third-order valence-corrected chi connectivity index (χ3v) is 3.10. The second-order valence-corrected chi connectivity index (χ2v) is 4.62. The Bertz CT molecular complexity index is 370. The maximum Gasteiger partial charge on any atom is 0.191 e. The summed E-state index contributed by atoms with van der Waals surface area (Å²) in [6, 6.07) is 10.9. The van der Waals surface area contributed by atoms with Gasteiger partial charge in [-0.2, -0.15) is 0 Å². The van der Waals surface area contributed by atoms with Gasteiger partial charge in [0.15, 0.2) is 5.96 Å². The van der Waals surface area contributed by atoms with Crippen LogP contribution in [-0.2, 0) is 6.54 Å². The lowest BCUT2D eigenvalue weighted by molar-refractivity contribution is 0.268. The second kappa shape index (κ2) is 4.56. The van der Waals surface area contributed by atoms with Crippen LogP contribution in [0.2, 0.25) is 0 Å². The first kappa shape index (κ1) is 11.0. The Morgan fingerprint density at radius 2 is 2.06 bits per heavy atom. The zero-order valence-electron chi connectivity index (χ0n) is 9.93. The molecule has 1 unspecified atom stereocenters. The third kappa shape index (κ3) is 2.18. The van der Waals surface area contributed by atoms with Crippen molar-refractivity contribution in [2.45, 2.75) is 26.4 Å². The number of hydrogen-bond donors (Lipinski definition) is 1. The summed E-state index contributed by atoms with van der Waals surface area (Å²) >= 11 is 0. The molecule has 1 aliphatic rings. The van der Waals surface area contributed by atoms with E-state index >= 15 is 0 Å². The topological polar surface area (TPSA) is 41.6 Å². The molecule has 0 bridgehead atoms. The number of hydrogen-bond acceptors (Lipinski definition) is 3. The highest BCUT2D eigenvalue weighted by Crippen LogP contribution is 2.19. The maximum absolute atomic E-state index is 5.93. The zero-order chi connectivity index (χ0) is 11.5. The maximum atomic E-state index is 5.93. The molecule has 0 spiro atoms. The molecule has 2 N–H and O–H groups in total. The largest absolute Gasteiger partial charge is 0.370 e. The van der Waals surface area contributed by atoms with E-state index in [1.807, 2.05) is 6.07 Å². The fourth-order valence-electron chi connectivity index (χ4n) is 2.10. The van der Waals surface area contributed by atoms with Crippen molar-refractivity contribution in [3.8, 4) is 0 Å². The summed E-state index contributed by atoms with van der Waals surface area (Å²) < 4.78 is 0. The summed E-state index contributed by atoms with van der Waals surface area (Å²) in [4.78, 5) is 6.55. The molecule has 0 amide bonds. The molecule has 1 atom stereocenters. The molecule has 1 aliphatic heterocycles. The lowest BCUT2D eigenvalue weighted by atomic mass is 10.0. The zero-order valence-corrected chi connectivity index (χ0v) is 9.93. The molecule has 0 saturated heterocycles. The molecule has 2 rings (SSSR count). The van der Waals surface area contributed by atoms with Crippen LogP contribution in [0.4, 0.5) is 0 Å². The van der Waals surface area contributed by atoms with Gasteiger partial charge in [0.05, 0.1) is 12.6 Å². The molecular weight excluding hydrogens is 198 g/mol. The Labute approximate surface area is 97.0 Å². The summed E-state index contributed by atoms with van der Waals surface area (Å²) in [5.74, 6) is 1.26. The van der Waals surface area contributed by atoms with E-state index in [1.54, 1.807) is 0 Å². The number of guanidine groups is 1. The smallest absolute Gasteiger partial charge is 0.191 e. The lowest BCUT2D eigenvalue weighted by Gasteiger charge is -2.29. The minimum atomic E-state index is 0.445. The molecule has 3 nitrogen and oxygen atoms in total. The van der Waals surface area contributed by atoms with Crippen molar-refractivity contribution in [2.24, 2.45) is 16.6 Å². The number of nitrogens with zero attached hydrogens (tertiary/aromatic N) is 2. The van der Waals surface area contributed by atoms with Crippen molar-refractivity contribution >= 4 is 5.96 Å². The predicted molar refractivity (Wildman–Crippen MR) is 67.1 cm³/mol. The van der Waals surface area contributed by atoms with Crippen LogP contribution in [0, 0.1) is 5.92 Å². The van der Waals surface area contributed by atoms with Gasteiger partial charge in [-0.1, -0.05) is 44.2 Å². The summed E-state index contributed by atoms with van der Waals surface area (Å²) in [5, 5.41) is 0. The number of benzene rings is 1. The lowest BCUT2D eigenvalue weighted by Crippen LogP contribution is -2.42. The molecule has 16 heavy (non-hydrogen) atoms. The summed E-state index contributed by atoms with van der Waals surface area (Å²) in [7, 11) is 0. The Balaban J connectivity index is 2.10. The van der Waals surface area contributed by atoms with Crippen LogP contribution in [0.5, 0.6) is 0 Å². The highest BCUT2D eigenvalue weighted by molar-refractivity contribution is 5.80. The van der Waals surface area contributed by atoms with E-state index in [0.717, 1.165) is 13.1 Å². The molecule has 1 heterocycles. The predicted octanol–water partition coefficient (Wildman–Crippen LogP) is 1.84. The van der Waals surface area contributed by atoms with Crippen molar-refractivity contribution in [3.05, 3.63) is 35.9 Å². The van der Waals surface area contributed by atoms with E-state index in [2.05, 4.69) is 48.0 Å². The van der Waals surface area contributed by atoms with Crippen molar-refractivity contribution in [1.82, 2.24) is 4.90 Å². The molecule has 0 aromatic heterocycles. The van der Waals surface area contributed by atoms with Gasteiger partial charge in [0.25, 0.3) is 0 Å². The highest BCUT2D eigenvalue weighted by atomic mass is 15.3. The third-order valence-electron chi connectivity index (χ3n) is 3.10. The molecule has 0 saturated carbocycles. The highest BCUT2D eigenvalue weighted by Gasteiger charge is 2.28. The van der Waals surface area contributed by atoms with E-state index in [9.17, 15) is 0 Å². The van der Waals surface area contributed by atoms with E-state index in [4.69, 9.17) is 5.73 Å². The summed E-state index contributed by atoms with van der Waals surface area (Å²) in [6.45, 7) is 6.13. The fourth-order valence-corrected chi connectivity index (χ4v) is 2.10. The second-order valence-electron chi connectivity index (χ2n) is 4.62. The van der Waals surface area contributed by atoms with Crippen molar-refractivity contribution in [3.63, 3.8) is 0 Å². The molecule has 86 valence electrons. The van der Waals surface area contributed by atoms with Crippen LogP contribution < -0.4 is 5.73 Å². The standard InChI is InChI=1S/C13H19N3/c1-10(2)12-8-15-13(14)16(12)9-11-6-4-3-5-7-11/h3-7,10,12H,8-9H2,1-2H3,(H2,14,15). The molecular formula is C13H19N3. The minimum absolute atomic E-state index is 0.445. The SMILES string of the molecule is CC(C)C1CN=C(N)N1Cc1ccccc1. The fraction of sp³-hybridized carbons (Fsp3) is 0.462. The van der Waals surface area contributed by atoms with Crippen LogP contribution in [0.3, 0.4) is 0 Å². The Kier molecular flexibility index (Phi) is 3.13. The van der Waals surface area contributed by atoms with Gasteiger partial charge in [-0.15, -0.1) is 0 Å². The van der Waals surface area contributed by atoms with Crippen LogP contribution in [0.25, 0.3) is 0 Å². The number of aliphatic imine (C=N–C) groups is 1. The van der Waals surface area contributed by atoms with Gasteiger partial charge < -0.3 is 10.6 Å². The molecule has 0 fully saturated rings. The summed E-state index contributed by atoms with van der Waals surface area (Å²) in [6.07, 6.45) is 0. The Hall–Kier alpha value is -1.51. The number of rotatable bonds is 3. The van der Waals surface area contributed by atoms with Gasteiger partial charge in [0, 0.05) is 6.54 Å².